The highest BCUT2D eigenvalue weighted by atomic mass is 79.9. The molecule has 1 aromatic rings. The van der Waals surface area contributed by atoms with Gasteiger partial charge in [0.2, 0.25) is 0 Å². The van der Waals surface area contributed by atoms with Gasteiger partial charge in [-0.05, 0) is 36.7 Å². The lowest BCUT2D eigenvalue weighted by molar-refractivity contribution is 0.0914. The number of nitrogens with one attached hydrogen (secondary N) is 1. The Labute approximate surface area is 89.7 Å². The summed E-state index contributed by atoms with van der Waals surface area (Å²) in [5.41, 5.74) is 1.88. The van der Waals surface area contributed by atoms with Crippen molar-refractivity contribution in [1.29, 1.82) is 0 Å². The summed E-state index contributed by atoms with van der Waals surface area (Å²) >= 11 is 4.67. The van der Waals surface area contributed by atoms with Crippen molar-refractivity contribution in [2.75, 3.05) is 0 Å². The molecule has 0 aromatic carbocycles. The Kier molecular flexibility index (Phi) is 3.08. The summed E-state index contributed by atoms with van der Waals surface area (Å²) < 4.78 is 0.772. The van der Waals surface area contributed by atoms with Gasteiger partial charge in [-0.25, -0.2) is 4.98 Å². The van der Waals surface area contributed by atoms with Crippen molar-refractivity contribution in [2.45, 2.75) is 26.3 Å². The topological polar surface area (TPSA) is 42.0 Å². The molecule has 0 saturated carbocycles. The number of nitrogens with zero attached hydrogens (tertiary/aromatic N) is 1. The van der Waals surface area contributed by atoms with Crippen molar-refractivity contribution in [1.82, 2.24) is 10.3 Å². The van der Waals surface area contributed by atoms with Crippen LogP contribution >= 0.6 is 27.3 Å². The first-order chi connectivity index (χ1) is 5.90. The normalized spacial score (nSPS) is 11.4. The van der Waals surface area contributed by atoms with Gasteiger partial charge in [0, 0.05) is 5.54 Å². The summed E-state index contributed by atoms with van der Waals surface area (Å²) in [6.45, 7) is 5.81. The van der Waals surface area contributed by atoms with Crippen LogP contribution in [0.1, 0.15) is 31.3 Å². The Morgan fingerprint density at radius 1 is 1.62 bits per heavy atom. The molecule has 13 heavy (non-hydrogen) atoms. The van der Waals surface area contributed by atoms with Gasteiger partial charge in [-0.1, -0.05) is 0 Å². The van der Waals surface area contributed by atoms with Crippen LogP contribution in [0.4, 0.5) is 0 Å². The molecular formula is C8H11BrN2OS. The van der Waals surface area contributed by atoms with E-state index in [1.807, 2.05) is 20.8 Å². The van der Waals surface area contributed by atoms with Crippen LogP contribution in [-0.4, -0.2) is 16.4 Å². The van der Waals surface area contributed by atoms with E-state index in [1.165, 1.54) is 11.3 Å². The number of carbonyl (C=O) groups excluding carboxylic acids is 1. The van der Waals surface area contributed by atoms with Crippen molar-refractivity contribution >= 4 is 33.2 Å². The van der Waals surface area contributed by atoms with Gasteiger partial charge in [-0.3, -0.25) is 4.79 Å². The summed E-state index contributed by atoms with van der Waals surface area (Å²) in [5, 5.41) is 2.84. The number of halogens is 1. The van der Waals surface area contributed by atoms with E-state index in [2.05, 4.69) is 26.2 Å². The van der Waals surface area contributed by atoms with Gasteiger partial charge in [0.25, 0.3) is 5.91 Å². The number of rotatable bonds is 1. The molecule has 0 spiro atoms. The zero-order valence-corrected chi connectivity index (χ0v) is 10.1. The molecule has 0 radical (unpaired) electrons. The lowest BCUT2D eigenvalue weighted by atomic mass is 10.1. The second-order valence-corrected chi connectivity index (χ2v) is 5.85. The van der Waals surface area contributed by atoms with Crippen LogP contribution in [0, 0.1) is 0 Å². The molecule has 1 rings (SSSR count). The summed E-state index contributed by atoms with van der Waals surface area (Å²) in [4.78, 5) is 15.5. The molecule has 0 atom stereocenters. The Bertz CT molecular complexity index is 316. The Morgan fingerprint density at radius 3 is 2.62 bits per heavy atom. The highest BCUT2D eigenvalue weighted by molar-refractivity contribution is 9.11. The number of aromatic nitrogens is 1. The fourth-order valence-corrected chi connectivity index (χ4v) is 1.82. The van der Waals surface area contributed by atoms with Crippen LogP contribution < -0.4 is 5.32 Å². The maximum absolute atomic E-state index is 11.5. The number of amides is 1. The molecule has 5 heteroatoms. The maximum Gasteiger partial charge on any atom is 0.272 e. The fourth-order valence-electron chi connectivity index (χ4n) is 0.780. The van der Waals surface area contributed by atoms with Gasteiger partial charge in [0.15, 0.2) is 5.69 Å². The summed E-state index contributed by atoms with van der Waals surface area (Å²) in [7, 11) is 0. The third-order valence-electron chi connectivity index (χ3n) is 1.23. The predicted molar refractivity (Wildman–Crippen MR) is 57.0 cm³/mol. The van der Waals surface area contributed by atoms with Crippen molar-refractivity contribution in [3.63, 3.8) is 0 Å². The first-order valence-electron chi connectivity index (χ1n) is 3.81. The van der Waals surface area contributed by atoms with E-state index < -0.39 is 0 Å². The van der Waals surface area contributed by atoms with E-state index in [1.54, 1.807) is 5.51 Å². The number of thiazole rings is 1. The van der Waals surface area contributed by atoms with Crippen molar-refractivity contribution in [3.05, 3.63) is 15.0 Å². The van der Waals surface area contributed by atoms with E-state index in [0.29, 0.717) is 5.69 Å². The van der Waals surface area contributed by atoms with Crippen molar-refractivity contribution < 1.29 is 4.79 Å². The quantitative estimate of drug-likeness (QED) is 0.845. The molecule has 1 N–H and O–H groups in total. The predicted octanol–water partition coefficient (Wildman–Crippen LogP) is 2.43. The molecule has 0 aliphatic rings. The summed E-state index contributed by atoms with van der Waals surface area (Å²) in [5.74, 6) is -0.138. The molecule has 0 aliphatic carbocycles. The Hall–Kier alpha value is -0.420. The van der Waals surface area contributed by atoms with Crippen LogP contribution in [-0.2, 0) is 0 Å². The number of carbonyl (C=O) groups is 1. The molecule has 0 bridgehead atoms. The Balaban J connectivity index is 2.76. The largest absolute Gasteiger partial charge is 0.346 e. The second kappa shape index (κ2) is 3.75. The van der Waals surface area contributed by atoms with Crippen LogP contribution in [0.5, 0.6) is 0 Å². The van der Waals surface area contributed by atoms with E-state index in [4.69, 9.17) is 0 Å². The molecule has 0 unspecified atom stereocenters. The van der Waals surface area contributed by atoms with Crippen LogP contribution in [0.3, 0.4) is 0 Å². The minimum Gasteiger partial charge on any atom is -0.346 e. The first kappa shape index (κ1) is 10.7. The molecule has 1 heterocycles. The van der Waals surface area contributed by atoms with Gasteiger partial charge in [0.05, 0.1) is 5.51 Å². The average Bonchev–Trinajstić information content (AvgIpc) is 2.30. The smallest absolute Gasteiger partial charge is 0.272 e. The van der Waals surface area contributed by atoms with E-state index >= 15 is 0 Å². The Morgan fingerprint density at radius 2 is 2.23 bits per heavy atom. The van der Waals surface area contributed by atoms with Gasteiger partial charge in [-0.2, -0.15) is 0 Å². The van der Waals surface area contributed by atoms with Gasteiger partial charge in [-0.15, -0.1) is 11.3 Å². The third-order valence-corrected chi connectivity index (χ3v) is 2.78. The third kappa shape index (κ3) is 3.08. The lowest BCUT2D eigenvalue weighted by Crippen LogP contribution is -2.40. The zero-order chi connectivity index (χ0) is 10.1. The highest BCUT2D eigenvalue weighted by Crippen LogP contribution is 2.20. The number of hydrogen-bond acceptors (Lipinski definition) is 3. The summed E-state index contributed by atoms with van der Waals surface area (Å²) in [6, 6.07) is 0. The minimum atomic E-state index is -0.222. The molecule has 3 nitrogen and oxygen atoms in total. The van der Waals surface area contributed by atoms with Crippen LogP contribution in [0.2, 0.25) is 0 Å². The van der Waals surface area contributed by atoms with E-state index in [9.17, 15) is 4.79 Å². The standard InChI is InChI=1S/C8H11BrN2OS/c1-8(2,3)11-7(12)5-6(9)13-4-10-5/h4H,1-3H3,(H,11,12). The maximum atomic E-state index is 11.5. The van der Waals surface area contributed by atoms with Gasteiger partial charge >= 0.3 is 0 Å². The minimum absolute atomic E-state index is 0.138. The SMILES string of the molecule is CC(C)(C)NC(=O)c1ncsc1Br. The zero-order valence-electron chi connectivity index (χ0n) is 7.72. The molecule has 0 saturated heterocycles. The molecule has 1 amide bonds. The first-order valence-corrected chi connectivity index (χ1v) is 5.49. The van der Waals surface area contributed by atoms with Crippen molar-refractivity contribution in [2.24, 2.45) is 0 Å². The fraction of sp³-hybridized carbons (Fsp3) is 0.500. The molecule has 0 aliphatic heterocycles. The lowest BCUT2D eigenvalue weighted by Gasteiger charge is -2.19. The van der Waals surface area contributed by atoms with E-state index in [0.717, 1.165) is 3.79 Å². The van der Waals surface area contributed by atoms with Crippen molar-refractivity contribution in [3.8, 4) is 0 Å². The number of hydrogen-bond donors (Lipinski definition) is 1. The van der Waals surface area contributed by atoms with Crippen LogP contribution in [0.15, 0.2) is 9.30 Å². The monoisotopic (exact) mass is 262 g/mol. The molecular weight excluding hydrogens is 252 g/mol. The van der Waals surface area contributed by atoms with Gasteiger partial charge in [0.1, 0.15) is 3.79 Å². The highest BCUT2D eigenvalue weighted by Gasteiger charge is 2.18. The molecule has 1 aromatic heterocycles. The second-order valence-electron chi connectivity index (χ2n) is 3.68. The van der Waals surface area contributed by atoms with E-state index in [-0.39, 0.29) is 11.4 Å². The molecule has 0 fully saturated rings. The summed E-state index contributed by atoms with van der Waals surface area (Å²) in [6.07, 6.45) is 0. The van der Waals surface area contributed by atoms with Crippen LogP contribution in [0.25, 0.3) is 0 Å². The molecule has 72 valence electrons. The van der Waals surface area contributed by atoms with Gasteiger partial charge < -0.3 is 5.32 Å². The average molecular weight is 263 g/mol.